The lowest BCUT2D eigenvalue weighted by Gasteiger charge is -2.41. The maximum Gasteiger partial charge on any atom is 0.317 e. The van der Waals surface area contributed by atoms with Crippen molar-refractivity contribution >= 4 is 29.2 Å². The van der Waals surface area contributed by atoms with Crippen LogP contribution in [0, 0.1) is 0 Å². The maximum absolute atomic E-state index is 12.3. The SMILES string of the molecule is CCC(CC)NC(=O)N1CC(OC(c2ccc(Cl)cc2)c2ccccc2Cl)C1. The van der Waals surface area contributed by atoms with E-state index >= 15 is 0 Å². The standard InChI is InChI=1S/C22H26Cl2N2O2/c1-3-17(4-2)25-22(27)26-13-18(14-26)28-21(15-9-11-16(23)12-10-15)19-7-5-6-8-20(19)24/h5-12,17-18,21H,3-4,13-14H2,1-2H3,(H,25,27). The summed E-state index contributed by atoms with van der Waals surface area (Å²) in [6.45, 7) is 5.30. The van der Waals surface area contributed by atoms with Crippen LogP contribution in [-0.2, 0) is 4.74 Å². The van der Waals surface area contributed by atoms with Gasteiger partial charge in [0, 0.05) is 21.7 Å². The van der Waals surface area contributed by atoms with Gasteiger partial charge in [0.05, 0.1) is 19.2 Å². The number of ether oxygens (including phenoxy) is 1. The number of benzene rings is 2. The highest BCUT2D eigenvalue weighted by molar-refractivity contribution is 6.31. The third kappa shape index (κ3) is 4.99. The number of nitrogens with one attached hydrogen (secondary N) is 1. The van der Waals surface area contributed by atoms with Gasteiger partial charge in [0.2, 0.25) is 0 Å². The van der Waals surface area contributed by atoms with Crippen molar-refractivity contribution in [2.75, 3.05) is 13.1 Å². The van der Waals surface area contributed by atoms with E-state index in [9.17, 15) is 4.79 Å². The number of nitrogens with zero attached hydrogens (tertiary/aromatic N) is 1. The van der Waals surface area contributed by atoms with Crippen LogP contribution in [0.4, 0.5) is 4.79 Å². The van der Waals surface area contributed by atoms with Crippen LogP contribution in [0.5, 0.6) is 0 Å². The summed E-state index contributed by atoms with van der Waals surface area (Å²) in [5, 5.41) is 4.40. The second-order valence-corrected chi connectivity index (χ2v) is 7.92. The number of rotatable bonds is 7. The Kier molecular flexibility index (Phi) is 7.22. The maximum atomic E-state index is 12.3. The molecule has 2 aromatic rings. The van der Waals surface area contributed by atoms with Crippen LogP contribution < -0.4 is 5.32 Å². The average molecular weight is 421 g/mol. The molecule has 1 aliphatic rings. The molecule has 150 valence electrons. The number of likely N-dealkylation sites (tertiary alicyclic amines) is 1. The van der Waals surface area contributed by atoms with Crippen LogP contribution >= 0.6 is 23.2 Å². The van der Waals surface area contributed by atoms with Crippen molar-refractivity contribution in [3.8, 4) is 0 Å². The molecule has 1 N–H and O–H groups in total. The quantitative estimate of drug-likeness (QED) is 0.625. The van der Waals surface area contributed by atoms with Crippen molar-refractivity contribution in [3.63, 3.8) is 0 Å². The number of hydrogen-bond acceptors (Lipinski definition) is 2. The van der Waals surface area contributed by atoms with E-state index < -0.39 is 0 Å². The molecule has 3 rings (SSSR count). The van der Waals surface area contributed by atoms with E-state index in [0.717, 1.165) is 24.0 Å². The summed E-state index contributed by atoms with van der Waals surface area (Å²) < 4.78 is 6.37. The van der Waals surface area contributed by atoms with E-state index in [1.165, 1.54) is 0 Å². The molecule has 2 amide bonds. The van der Waals surface area contributed by atoms with Crippen LogP contribution in [-0.4, -0.2) is 36.2 Å². The van der Waals surface area contributed by atoms with Crippen LogP contribution in [0.2, 0.25) is 10.0 Å². The van der Waals surface area contributed by atoms with Crippen molar-refractivity contribution in [2.45, 2.75) is 44.9 Å². The molecule has 4 nitrogen and oxygen atoms in total. The summed E-state index contributed by atoms with van der Waals surface area (Å²) in [7, 11) is 0. The summed E-state index contributed by atoms with van der Waals surface area (Å²) in [6, 6.07) is 15.5. The molecule has 1 unspecified atom stereocenters. The molecule has 6 heteroatoms. The Labute approximate surface area is 176 Å². The molecule has 0 bridgehead atoms. The zero-order chi connectivity index (χ0) is 20.1. The molecule has 0 aromatic heterocycles. The summed E-state index contributed by atoms with van der Waals surface area (Å²) in [4.78, 5) is 14.1. The molecule has 0 spiro atoms. The summed E-state index contributed by atoms with van der Waals surface area (Å²) in [5.74, 6) is 0. The van der Waals surface area contributed by atoms with Crippen molar-refractivity contribution in [3.05, 3.63) is 69.7 Å². The molecule has 1 saturated heterocycles. The molecule has 0 radical (unpaired) electrons. The minimum absolute atomic E-state index is 0.0191. The highest BCUT2D eigenvalue weighted by atomic mass is 35.5. The second kappa shape index (κ2) is 9.64. The number of halogens is 2. The van der Waals surface area contributed by atoms with Crippen LogP contribution in [0.1, 0.15) is 43.9 Å². The number of carbonyl (C=O) groups is 1. The van der Waals surface area contributed by atoms with Crippen LogP contribution in [0.3, 0.4) is 0 Å². The third-order valence-corrected chi connectivity index (χ3v) is 5.73. The Bertz CT molecular complexity index is 787. The Morgan fingerprint density at radius 2 is 1.75 bits per heavy atom. The van der Waals surface area contributed by atoms with E-state index in [0.29, 0.717) is 23.1 Å². The van der Waals surface area contributed by atoms with Gasteiger partial charge in [-0.15, -0.1) is 0 Å². The largest absolute Gasteiger partial charge is 0.362 e. The van der Waals surface area contributed by atoms with E-state index in [1.54, 1.807) is 4.90 Å². The topological polar surface area (TPSA) is 41.6 Å². The van der Waals surface area contributed by atoms with Gasteiger partial charge in [-0.3, -0.25) is 0 Å². The first-order valence-electron chi connectivity index (χ1n) is 9.72. The number of carbonyl (C=O) groups excluding carboxylic acids is 1. The lowest BCUT2D eigenvalue weighted by molar-refractivity contribution is -0.0648. The van der Waals surface area contributed by atoms with Gasteiger partial charge >= 0.3 is 6.03 Å². The first-order chi connectivity index (χ1) is 13.5. The van der Waals surface area contributed by atoms with Crippen LogP contribution in [0.25, 0.3) is 0 Å². The van der Waals surface area contributed by atoms with Gasteiger partial charge in [-0.1, -0.05) is 67.4 Å². The summed E-state index contributed by atoms with van der Waals surface area (Å²) >= 11 is 12.5. The highest BCUT2D eigenvalue weighted by Gasteiger charge is 2.34. The average Bonchev–Trinajstić information content (AvgIpc) is 2.67. The lowest BCUT2D eigenvalue weighted by atomic mass is 10.0. The molecule has 1 heterocycles. The van der Waals surface area contributed by atoms with E-state index in [-0.39, 0.29) is 24.3 Å². The fraction of sp³-hybridized carbons (Fsp3) is 0.409. The second-order valence-electron chi connectivity index (χ2n) is 7.08. The Hall–Kier alpha value is -1.75. The molecule has 0 aliphatic carbocycles. The molecule has 1 atom stereocenters. The predicted molar refractivity (Wildman–Crippen MR) is 114 cm³/mol. The fourth-order valence-corrected chi connectivity index (χ4v) is 3.66. The van der Waals surface area contributed by atoms with Crippen molar-refractivity contribution in [2.24, 2.45) is 0 Å². The molecule has 1 aliphatic heterocycles. The van der Waals surface area contributed by atoms with Gasteiger partial charge < -0.3 is 15.0 Å². The molecule has 2 aromatic carbocycles. The molecule has 1 fully saturated rings. The van der Waals surface area contributed by atoms with E-state index in [4.69, 9.17) is 27.9 Å². The normalized spacial score (nSPS) is 15.4. The minimum atomic E-state index is -0.305. The van der Waals surface area contributed by atoms with Crippen LogP contribution in [0.15, 0.2) is 48.5 Å². The predicted octanol–water partition coefficient (Wildman–Crippen LogP) is 5.68. The van der Waals surface area contributed by atoms with E-state index in [2.05, 4.69) is 19.2 Å². The Balaban J connectivity index is 1.68. The zero-order valence-corrected chi connectivity index (χ0v) is 17.7. The summed E-state index contributed by atoms with van der Waals surface area (Å²) in [6.07, 6.45) is 1.52. The first kappa shape index (κ1) is 21.0. The van der Waals surface area contributed by atoms with Crippen molar-refractivity contribution in [1.29, 1.82) is 0 Å². The Morgan fingerprint density at radius 3 is 2.36 bits per heavy atom. The minimum Gasteiger partial charge on any atom is -0.362 e. The van der Waals surface area contributed by atoms with Gasteiger partial charge in [0.25, 0.3) is 0 Å². The molecule has 28 heavy (non-hydrogen) atoms. The Morgan fingerprint density at radius 1 is 1.11 bits per heavy atom. The van der Waals surface area contributed by atoms with Gasteiger partial charge in [-0.2, -0.15) is 0 Å². The molecular weight excluding hydrogens is 395 g/mol. The number of hydrogen-bond donors (Lipinski definition) is 1. The zero-order valence-electron chi connectivity index (χ0n) is 16.2. The van der Waals surface area contributed by atoms with E-state index in [1.807, 2.05) is 48.5 Å². The smallest absolute Gasteiger partial charge is 0.317 e. The molecular formula is C22H26Cl2N2O2. The third-order valence-electron chi connectivity index (χ3n) is 5.14. The first-order valence-corrected chi connectivity index (χ1v) is 10.5. The van der Waals surface area contributed by atoms with Gasteiger partial charge in [-0.25, -0.2) is 4.79 Å². The molecule has 0 saturated carbocycles. The highest BCUT2D eigenvalue weighted by Crippen LogP contribution is 2.34. The van der Waals surface area contributed by atoms with Crippen molar-refractivity contribution in [1.82, 2.24) is 10.2 Å². The summed E-state index contributed by atoms with van der Waals surface area (Å²) in [5.41, 5.74) is 1.89. The van der Waals surface area contributed by atoms with Crippen molar-refractivity contribution < 1.29 is 9.53 Å². The van der Waals surface area contributed by atoms with Gasteiger partial charge in [0.15, 0.2) is 0 Å². The fourth-order valence-electron chi connectivity index (χ4n) is 3.30. The number of amides is 2. The van der Waals surface area contributed by atoms with Gasteiger partial charge in [-0.05, 0) is 36.6 Å². The monoisotopic (exact) mass is 420 g/mol. The van der Waals surface area contributed by atoms with Gasteiger partial charge in [0.1, 0.15) is 6.10 Å². The lowest BCUT2D eigenvalue weighted by Crippen LogP contribution is -2.59. The number of urea groups is 1.